The SMILES string of the molecule is CC(C)c1ccc2occ(Br)c(=O)c2c1. The average Bonchev–Trinajstić information content (AvgIpc) is 2.23. The molecule has 0 bridgehead atoms. The van der Waals surface area contributed by atoms with Gasteiger partial charge in [-0.25, -0.2) is 0 Å². The molecule has 0 radical (unpaired) electrons. The van der Waals surface area contributed by atoms with Gasteiger partial charge in [-0.1, -0.05) is 19.9 Å². The molecule has 1 aromatic heterocycles. The van der Waals surface area contributed by atoms with Crippen LogP contribution in [0.25, 0.3) is 11.0 Å². The largest absolute Gasteiger partial charge is 0.463 e. The summed E-state index contributed by atoms with van der Waals surface area (Å²) in [6.07, 6.45) is 1.43. The number of halogens is 1. The highest BCUT2D eigenvalue weighted by atomic mass is 79.9. The third-order valence-electron chi connectivity index (χ3n) is 2.42. The standard InChI is InChI=1S/C12H11BrO2/c1-7(2)8-3-4-11-9(5-8)12(14)10(13)6-15-11/h3-7H,1-2H3. The van der Waals surface area contributed by atoms with Crippen molar-refractivity contribution in [3.05, 3.63) is 44.7 Å². The topological polar surface area (TPSA) is 30.2 Å². The van der Waals surface area contributed by atoms with Crippen molar-refractivity contribution in [2.24, 2.45) is 0 Å². The molecule has 0 N–H and O–H groups in total. The van der Waals surface area contributed by atoms with E-state index in [9.17, 15) is 4.79 Å². The number of rotatable bonds is 1. The molecule has 0 amide bonds. The van der Waals surface area contributed by atoms with Gasteiger partial charge in [-0.2, -0.15) is 0 Å². The van der Waals surface area contributed by atoms with E-state index in [1.807, 2.05) is 18.2 Å². The Bertz CT molecular complexity index is 555. The summed E-state index contributed by atoms with van der Waals surface area (Å²) in [5.74, 6) is 0.410. The second-order valence-corrected chi connectivity index (χ2v) is 4.68. The lowest BCUT2D eigenvalue weighted by Gasteiger charge is -2.05. The van der Waals surface area contributed by atoms with Crippen LogP contribution in [0, 0.1) is 0 Å². The van der Waals surface area contributed by atoms with E-state index in [1.54, 1.807) is 0 Å². The molecule has 0 fully saturated rings. The van der Waals surface area contributed by atoms with Crippen LogP contribution in [0.5, 0.6) is 0 Å². The molecule has 3 heteroatoms. The van der Waals surface area contributed by atoms with Crippen LogP contribution < -0.4 is 5.43 Å². The highest BCUT2D eigenvalue weighted by Crippen LogP contribution is 2.20. The van der Waals surface area contributed by atoms with Crippen LogP contribution in [0.4, 0.5) is 0 Å². The first-order valence-corrected chi connectivity index (χ1v) is 5.60. The third kappa shape index (κ3) is 1.84. The van der Waals surface area contributed by atoms with Gasteiger partial charge in [0.15, 0.2) is 0 Å². The molecular weight excluding hydrogens is 256 g/mol. The lowest BCUT2D eigenvalue weighted by atomic mass is 10.0. The number of hydrogen-bond acceptors (Lipinski definition) is 2. The van der Waals surface area contributed by atoms with Crippen LogP contribution in [0.3, 0.4) is 0 Å². The summed E-state index contributed by atoms with van der Waals surface area (Å²) in [6, 6.07) is 5.74. The summed E-state index contributed by atoms with van der Waals surface area (Å²) < 4.78 is 5.78. The van der Waals surface area contributed by atoms with Gasteiger partial charge in [-0.05, 0) is 39.5 Å². The first-order chi connectivity index (χ1) is 7.09. The van der Waals surface area contributed by atoms with Crippen LogP contribution in [0.1, 0.15) is 25.3 Å². The molecule has 78 valence electrons. The summed E-state index contributed by atoms with van der Waals surface area (Å²) in [6.45, 7) is 4.20. The average molecular weight is 267 g/mol. The van der Waals surface area contributed by atoms with Crippen LogP contribution >= 0.6 is 15.9 Å². The van der Waals surface area contributed by atoms with Gasteiger partial charge in [0.05, 0.1) is 5.39 Å². The molecule has 1 aromatic carbocycles. The van der Waals surface area contributed by atoms with E-state index >= 15 is 0 Å². The fourth-order valence-electron chi connectivity index (χ4n) is 1.48. The number of fused-ring (bicyclic) bond motifs is 1. The Labute approximate surface area is 96.0 Å². The fourth-order valence-corrected chi connectivity index (χ4v) is 1.79. The van der Waals surface area contributed by atoms with Gasteiger partial charge >= 0.3 is 0 Å². The van der Waals surface area contributed by atoms with Crippen molar-refractivity contribution in [3.8, 4) is 0 Å². The normalized spacial score (nSPS) is 11.2. The quantitative estimate of drug-likeness (QED) is 0.788. The lowest BCUT2D eigenvalue weighted by molar-refractivity contribution is 0.598. The van der Waals surface area contributed by atoms with E-state index < -0.39 is 0 Å². The summed E-state index contributed by atoms with van der Waals surface area (Å²) in [5, 5.41) is 0.635. The van der Waals surface area contributed by atoms with Gasteiger partial charge in [-0.3, -0.25) is 4.79 Å². The molecule has 2 rings (SSSR count). The van der Waals surface area contributed by atoms with Crippen LogP contribution in [0.2, 0.25) is 0 Å². The number of hydrogen-bond donors (Lipinski definition) is 0. The third-order valence-corrected chi connectivity index (χ3v) is 2.97. The van der Waals surface area contributed by atoms with Gasteiger partial charge in [0.2, 0.25) is 5.43 Å². The van der Waals surface area contributed by atoms with Crippen LogP contribution in [0.15, 0.2) is 38.1 Å². The van der Waals surface area contributed by atoms with E-state index in [0.717, 1.165) is 5.56 Å². The summed E-state index contributed by atoms with van der Waals surface area (Å²) in [4.78, 5) is 11.8. The Morgan fingerprint density at radius 2 is 2.07 bits per heavy atom. The molecule has 0 aliphatic rings. The molecule has 0 atom stereocenters. The Hall–Kier alpha value is -1.09. The van der Waals surface area contributed by atoms with Crippen molar-refractivity contribution in [2.75, 3.05) is 0 Å². The zero-order valence-corrected chi connectivity index (χ0v) is 10.2. The summed E-state index contributed by atoms with van der Waals surface area (Å²) in [7, 11) is 0. The molecule has 2 aromatic rings. The van der Waals surface area contributed by atoms with Crippen molar-refractivity contribution in [3.63, 3.8) is 0 Å². The first-order valence-electron chi connectivity index (χ1n) is 4.80. The first kappa shape index (κ1) is 10.4. The van der Waals surface area contributed by atoms with Crippen LogP contribution in [-0.4, -0.2) is 0 Å². The zero-order valence-electron chi connectivity index (χ0n) is 8.58. The molecule has 2 nitrogen and oxygen atoms in total. The van der Waals surface area contributed by atoms with E-state index in [1.165, 1.54) is 6.26 Å². The van der Waals surface area contributed by atoms with E-state index in [4.69, 9.17) is 4.42 Å². The van der Waals surface area contributed by atoms with E-state index in [0.29, 0.717) is 21.4 Å². The molecule has 0 saturated heterocycles. The molecule has 0 aliphatic heterocycles. The Balaban J connectivity index is 2.80. The fraction of sp³-hybridized carbons (Fsp3) is 0.250. The second kappa shape index (κ2) is 3.81. The highest BCUT2D eigenvalue weighted by Gasteiger charge is 2.07. The minimum Gasteiger partial charge on any atom is -0.463 e. The van der Waals surface area contributed by atoms with Gasteiger partial charge in [0.1, 0.15) is 16.3 Å². The maximum Gasteiger partial charge on any atom is 0.206 e. The second-order valence-electron chi connectivity index (χ2n) is 3.82. The van der Waals surface area contributed by atoms with Gasteiger partial charge in [-0.15, -0.1) is 0 Å². The molecule has 0 unspecified atom stereocenters. The van der Waals surface area contributed by atoms with Crippen molar-refractivity contribution in [1.29, 1.82) is 0 Å². The van der Waals surface area contributed by atoms with Crippen molar-refractivity contribution < 1.29 is 4.42 Å². The molecule has 0 aliphatic carbocycles. The van der Waals surface area contributed by atoms with E-state index in [-0.39, 0.29) is 5.43 Å². The van der Waals surface area contributed by atoms with Crippen molar-refractivity contribution >= 4 is 26.9 Å². The summed E-state index contributed by atoms with van der Waals surface area (Å²) in [5.41, 5.74) is 1.76. The molecular formula is C12H11BrO2. The van der Waals surface area contributed by atoms with Crippen LogP contribution in [-0.2, 0) is 0 Å². The monoisotopic (exact) mass is 266 g/mol. The molecule has 0 saturated carbocycles. The van der Waals surface area contributed by atoms with Crippen molar-refractivity contribution in [2.45, 2.75) is 19.8 Å². The Morgan fingerprint density at radius 3 is 2.73 bits per heavy atom. The Morgan fingerprint density at radius 1 is 1.33 bits per heavy atom. The predicted molar refractivity (Wildman–Crippen MR) is 64.3 cm³/mol. The van der Waals surface area contributed by atoms with Crippen molar-refractivity contribution in [1.82, 2.24) is 0 Å². The molecule has 1 heterocycles. The van der Waals surface area contributed by atoms with Gasteiger partial charge in [0.25, 0.3) is 0 Å². The zero-order chi connectivity index (χ0) is 11.0. The predicted octanol–water partition coefficient (Wildman–Crippen LogP) is 3.68. The maximum absolute atomic E-state index is 11.8. The summed E-state index contributed by atoms with van der Waals surface area (Å²) >= 11 is 3.17. The minimum atomic E-state index is -0.0150. The number of benzene rings is 1. The molecule has 0 spiro atoms. The lowest BCUT2D eigenvalue weighted by Crippen LogP contribution is -2.02. The van der Waals surface area contributed by atoms with Gasteiger partial charge < -0.3 is 4.42 Å². The van der Waals surface area contributed by atoms with Gasteiger partial charge in [0, 0.05) is 0 Å². The smallest absolute Gasteiger partial charge is 0.206 e. The minimum absolute atomic E-state index is 0.0150. The highest BCUT2D eigenvalue weighted by molar-refractivity contribution is 9.10. The Kier molecular flexibility index (Phi) is 2.65. The molecule has 15 heavy (non-hydrogen) atoms. The van der Waals surface area contributed by atoms with E-state index in [2.05, 4.69) is 29.8 Å². The maximum atomic E-state index is 11.8.